The highest BCUT2D eigenvalue weighted by Crippen LogP contribution is 2.43. The molecular formula is C24H30FN5O3. The first-order chi connectivity index (χ1) is 16.0. The van der Waals surface area contributed by atoms with Crippen LogP contribution in [0.25, 0.3) is 0 Å². The van der Waals surface area contributed by atoms with Gasteiger partial charge in [0.1, 0.15) is 17.9 Å². The van der Waals surface area contributed by atoms with Crippen LogP contribution in [0.5, 0.6) is 11.5 Å². The van der Waals surface area contributed by atoms with Crippen LogP contribution in [0.1, 0.15) is 37.0 Å². The van der Waals surface area contributed by atoms with Gasteiger partial charge >= 0.3 is 0 Å². The molecule has 0 unspecified atom stereocenters. The Morgan fingerprint density at radius 3 is 2.64 bits per heavy atom. The molecule has 3 aliphatic heterocycles. The topological polar surface area (TPSA) is 79.8 Å². The molecule has 4 heterocycles. The first kappa shape index (κ1) is 22.0. The van der Waals surface area contributed by atoms with Gasteiger partial charge in [0.05, 0.1) is 37.1 Å². The van der Waals surface area contributed by atoms with Crippen LogP contribution in [0.15, 0.2) is 30.7 Å². The van der Waals surface area contributed by atoms with Gasteiger partial charge in [-0.2, -0.15) is 0 Å². The van der Waals surface area contributed by atoms with Crippen molar-refractivity contribution in [3.63, 3.8) is 0 Å². The Bertz CT molecular complexity index is 1010. The van der Waals surface area contributed by atoms with Gasteiger partial charge in [-0.25, -0.2) is 14.4 Å². The van der Waals surface area contributed by atoms with E-state index in [2.05, 4.69) is 20.2 Å². The van der Waals surface area contributed by atoms with E-state index in [-0.39, 0.29) is 23.6 Å². The third kappa shape index (κ3) is 4.27. The van der Waals surface area contributed by atoms with Crippen LogP contribution >= 0.6 is 0 Å². The zero-order valence-corrected chi connectivity index (χ0v) is 19.1. The van der Waals surface area contributed by atoms with Crippen molar-refractivity contribution >= 4 is 11.7 Å². The Morgan fingerprint density at radius 2 is 1.91 bits per heavy atom. The van der Waals surface area contributed by atoms with E-state index in [1.807, 2.05) is 13.8 Å². The zero-order chi connectivity index (χ0) is 23.0. The lowest BCUT2D eigenvalue weighted by molar-refractivity contribution is -0.0250. The van der Waals surface area contributed by atoms with Gasteiger partial charge in [-0.15, -0.1) is 0 Å². The molecule has 9 heteroatoms. The maximum atomic E-state index is 14.2. The van der Waals surface area contributed by atoms with Crippen LogP contribution < -0.4 is 15.0 Å². The number of rotatable bonds is 4. The molecule has 3 saturated heterocycles. The molecular weight excluding hydrogens is 425 g/mol. The summed E-state index contributed by atoms with van der Waals surface area (Å²) in [5.41, 5.74) is 0.511. The van der Waals surface area contributed by atoms with Crippen LogP contribution in [0.4, 0.5) is 10.2 Å². The summed E-state index contributed by atoms with van der Waals surface area (Å²) in [6.07, 6.45) is 5.41. The number of piperidine rings is 1. The Morgan fingerprint density at radius 1 is 1.18 bits per heavy atom. The number of aromatic nitrogens is 2. The van der Waals surface area contributed by atoms with Gasteiger partial charge in [-0.1, -0.05) is 0 Å². The first-order valence-electron chi connectivity index (χ1n) is 11.6. The molecule has 176 valence electrons. The fourth-order valence-corrected chi connectivity index (χ4v) is 5.23. The number of benzene rings is 1. The van der Waals surface area contributed by atoms with Crippen molar-refractivity contribution < 1.29 is 18.7 Å². The molecule has 0 saturated carbocycles. The average molecular weight is 456 g/mol. The van der Waals surface area contributed by atoms with E-state index >= 15 is 0 Å². The summed E-state index contributed by atoms with van der Waals surface area (Å²) in [4.78, 5) is 26.0. The normalized spacial score (nSPS) is 24.5. The number of hydrogen-bond acceptors (Lipinski definition) is 7. The number of nitrogens with one attached hydrogen (secondary N) is 1. The van der Waals surface area contributed by atoms with E-state index in [1.165, 1.54) is 24.5 Å². The number of morpholine rings is 1. The maximum absolute atomic E-state index is 14.2. The summed E-state index contributed by atoms with van der Waals surface area (Å²) in [6.45, 7) is 8.67. The van der Waals surface area contributed by atoms with Crippen LogP contribution in [-0.2, 0) is 4.74 Å². The number of ether oxygens (including phenoxy) is 2. The molecule has 8 nitrogen and oxygen atoms in total. The van der Waals surface area contributed by atoms with E-state index in [4.69, 9.17) is 9.47 Å². The number of carbonyl (C=O) groups excluding carboxylic acids is 1. The number of halogens is 1. The predicted molar refractivity (Wildman–Crippen MR) is 121 cm³/mol. The van der Waals surface area contributed by atoms with Crippen molar-refractivity contribution in [3.05, 3.63) is 42.1 Å². The molecule has 1 aromatic heterocycles. The highest BCUT2D eigenvalue weighted by Gasteiger charge is 2.45. The van der Waals surface area contributed by atoms with Crippen LogP contribution in [-0.4, -0.2) is 72.3 Å². The van der Waals surface area contributed by atoms with Crippen molar-refractivity contribution in [3.8, 4) is 11.5 Å². The third-order valence-electron chi connectivity index (χ3n) is 6.97. The van der Waals surface area contributed by atoms with Gasteiger partial charge in [0.2, 0.25) is 0 Å². The largest absolute Gasteiger partial charge is 0.451 e. The lowest BCUT2D eigenvalue weighted by atomic mass is 9.72. The predicted octanol–water partition coefficient (Wildman–Crippen LogP) is 2.85. The number of amides is 1. The van der Waals surface area contributed by atoms with E-state index < -0.39 is 5.82 Å². The molecule has 1 spiro atoms. The second kappa shape index (κ2) is 8.87. The summed E-state index contributed by atoms with van der Waals surface area (Å²) in [5, 5.41) is 3.42. The molecule has 3 fully saturated rings. The Labute approximate surface area is 193 Å². The summed E-state index contributed by atoms with van der Waals surface area (Å²) >= 11 is 0. The van der Waals surface area contributed by atoms with Crippen molar-refractivity contribution in [2.75, 3.05) is 44.3 Å². The molecule has 1 N–H and O–H groups in total. The summed E-state index contributed by atoms with van der Waals surface area (Å²) in [5.74, 6) is 0.693. The standard InChI is InChI=1S/C24H30FN5O3/c1-16-11-32-12-17(2)30(16)23(31)19-9-18(25)3-4-20(19)33-21-10-27-15-28-22(21)29-13-24(14-29)5-7-26-8-6-24/h3-4,9-10,15-17,26H,5-8,11-14H2,1-2H3/t16-,17-/m1/s1. The fraction of sp³-hybridized carbons (Fsp3) is 0.542. The number of hydrogen-bond donors (Lipinski definition) is 1. The molecule has 0 radical (unpaired) electrons. The summed E-state index contributed by atoms with van der Waals surface area (Å²) in [7, 11) is 0. The molecule has 33 heavy (non-hydrogen) atoms. The minimum atomic E-state index is -0.487. The molecule has 1 aromatic carbocycles. The third-order valence-corrected chi connectivity index (χ3v) is 6.97. The zero-order valence-electron chi connectivity index (χ0n) is 19.1. The molecule has 2 atom stereocenters. The second-order valence-corrected chi connectivity index (χ2v) is 9.51. The minimum absolute atomic E-state index is 0.116. The Kier molecular flexibility index (Phi) is 5.92. The van der Waals surface area contributed by atoms with Crippen LogP contribution in [0.2, 0.25) is 0 Å². The van der Waals surface area contributed by atoms with Gasteiger partial charge in [-0.05, 0) is 58.0 Å². The number of carbonyl (C=O) groups is 1. The summed E-state index contributed by atoms with van der Waals surface area (Å²) in [6, 6.07) is 3.81. The Balaban J connectivity index is 1.40. The molecule has 1 amide bonds. The van der Waals surface area contributed by atoms with Gasteiger partial charge in [-0.3, -0.25) is 4.79 Å². The lowest BCUT2D eigenvalue weighted by Crippen LogP contribution is -2.60. The first-order valence-corrected chi connectivity index (χ1v) is 11.6. The van der Waals surface area contributed by atoms with E-state index in [0.717, 1.165) is 39.0 Å². The number of anilines is 1. The molecule has 2 aromatic rings. The van der Waals surface area contributed by atoms with Crippen molar-refractivity contribution in [2.24, 2.45) is 5.41 Å². The lowest BCUT2D eigenvalue weighted by Gasteiger charge is -2.53. The quantitative estimate of drug-likeness (QED) is 0.759. The van der Waals surface area contributed by atoms with E-state index in [0.29, 0.717) is 35.9 Å². The van der Waals surface area contributed by atoms with E-state index in [1.54, 1.807) is 11.1 Å². The van der Waals surface area contributed by atoms with Crippen molar-refractivity contribution in [1.82, 2.24) is 20.2 Å². The molecule has 0 bridgehead atoms. The average Bonchev–Trinajstić information content (AvgIpc) is 2.79. The fourth-order valence-electron chi connectivity index (χ4n) is 5.23. The van der Waals surface area contributed by atoms with Crippen molar-refractivity contribution in [1.29, 1.82) is 0 Å². The van der Waals surface area contributed by atoms with Gasteiger partial charge < -0.3 is 24.6 Å². The number of nitrogens with zero attached hydrogens (tertiary/aromatic N) is 4. The second-order valence-electron chi connectivity index (χ2n) is 9.51. The van der Waals surface area contributed by atoms with Gasteiger partial charge in [0.15, 0.2) is 11.6 Å². The van der Waals surface area contributed by atoms with Crippen LogP contribution in [0, 0.1) is 11.2 Å². The SMILES string of the molecule is C[C@@H]1COC[C@@H](C)N1C(=O)c1cc(F)ccc1Oc1cncnc1N1CC2(CCNCC2)C1. The summed E-state index contributed by atoms with van der Waals surface area (Å²) < 4.78 is 25.9. The minimum Gasteiger partial charge on any atom is -0.451 e. The highest BCUT2D eigenvalue weighted by molar-refractivity contribution is 5.97. The van der Waals surface area contributed by atoms with Crippen molar-refractivity contribution in [2.45, 2.75) is 38.8 Å². The van der Waals surface area contributed by atoms with Gasteiger partial charge in [0.25, 0.3) is 5.91 Å². The smallest absolute Gasteiger partial charge is 0.258 e. The maximum Gasteiger partial charge on any atom is 0.258 e. The highest BCUT2D eigenvalue weighted by atomic mass is 19.1. The molecule has 0 aliphatic carbocycles. The molecule has 5 rings (SSSR count). The monoisotopic (exact) mass is 455 g/mol. The van der Waals surface area contributed by atoms with E-state index in [9.17, 15) is 9.18 Å². The van der Waals surface area contributed by atoms with Gasteiger partial charge in [0, 0.05) is 18.5 Å². The molecule has 3 aliphatic rings. The Hall–Kier alpha value is -2.78. The van der Waals surface area contributed by atoms with Crippen LogP contribution in [0.3, 0.4) is 0 Å².